The Balaban J connectivity index is 2.41. The molecule has 1 rings (SSSR count). The van der Waals surface area contributed by atoms with Crippen LogP contribution >= 0.6 is 0 Å². The van der Waals surface area contributed by atoms with Crippen LogP contribution in [0.15, 0.2) is 41.3 Å². The van der Waals surface area contributed by atoms with Gasteiger partial charge in [-0.15, -0.1) is 0 Å². The van der Waals surface area contributed by atoms with Crippen LogP contribution in [-0.4, -0.2) is 32.5 Å². The smallest absolute Gasteiger partial charge is 0.246 e. The van der Waals surface area contributed by atoms with E-state index in [-0.39, 0.29) is 11.9 Å². The molecule has 0 aromatic heterocycles. The monoisotopic (exact) mass is 393 g/mol. The van der Waals surface area contributed by atoms with Crippen molar-refractivity contribution in [2.75, 3.05) is 13.3 Å². The number of sulfone groups is 1. The highest BCUT2D eigenvalue weighted by atomic mass is 32.2. The quantitative estimate of drug-likeness (QED) is 0.357. The van der Waals surface area contributed by atoms with Crippen molar-refractivity contribution in [3.8, 4) is 0 Å². The normalized spacial score (nSPS) is 13.0. The van der Waals surface area contributed by atoms with Crippen molar-refractivity contribution in [2.45, 2.75) is 76.2 Å². The minimum atomic E-state index is -3.20. The van der Waals surface area contributed by atoms with Crippen molar-refractivity contribution >= 4 is 15.7 Å². The van der Waals surface area contributed by atoms with Crippen molar-refractivity contribution in [3.63, 3.8) is 0 Å². The second-order valence-corrected chi connectivity index (χ2v) is 9.29. The van der Waals surface area contributed by atoms with Gasteiger partial charge in [-0.05, 0) is 43.5 Å². The molecule has 1 amide bonds. The third-order valence-electron chi connectivity index (χ3n) is 4.95. The van der Waals surface area contributed by atoms with Crippen molar-refractivity contribution in [2.24, 2.45) is 0 Å². The number of carbonyl (C=O) groups is 1. The SMILES string of the molecule is CCCCCCCCC/C=C\C(=O)N(C)[C@@H](C)c1ccc(S(C)(=O)=O)cc1. The van der Waals surface area contributed by atoms with Crippen molar-refractivity contribution in [3.05, 3.63) is 42.0 Å². The molecule has 0 unspecified atom stereocenters. The molecule has 1 atom stereocenters. The summed E-state index contributed by atoms with van der Waals surface area (Å²) in [4.78, 5) is 14.3. The van der Waals surface area contributed by atoms with E-state index in [4.69, 9.17) is 0 Å². The summed E-state index contributed by atoms with van der Waals surface area (Å²) < 4.78 is 23.1. The number of hydrogen-bond acceptors (Lipinski definition) is 3. The summed E-state index contributed by atoms with van der Waals surface area (Å²) >= 11 is 0. The lowest BCUT2D eigenvalue weighted by atomic mass is 10.1. The van der Waals surface area contributed by atoms with Gasteiger partial charge in [0.05, 0.1) is 10.9 Å². The highest BCUT2D eigenvalue weighted by Crippen LogP contribution is 2.21. The van der Waals surface area contributed by atoms with E-state index >= 15 is 0 Å². The van der Waals surface area contributed by atoms with Gasteiger partial charge in [0.25, 0.3) is 0 Å². The number of allylic oxidation sites excluding steroid dienone is 1. The molecule has 5 heteroatoms. The molecule has 0 radical (unpaired) electrons. The van der Waals surface area contributed by atoms with Crippen LogP contribution in [0.5, 0.6) is 0 Å². The molecule has 0 spiro atoms. The predicted molar refractivity (Wildman–Crippen MR) is 112 cm³/mol. The number of benzene rings is 1. The van der Waals surface area contributed by atoms with Crippen LogP contribution in [0, 0.1) is 0 Å². The van der Waals surface area contributed by atoms with Gasteiger partial charge in [-0.1, -0.05) is 63.7 Å². The Labute approximate surface area is 165 Å². The summed E-state index contributed by atoms with van der Waals surface area (Å²) in [7, 11) is -1.43. The maximum absolute atomic E-state index is 12.3. The van der Waals surface area contributed by atoms with Crippen molar-refractivity contribution in [1.82, 2.24) is 4.90 Å². The second kappa shape index (κ2) is 12.0. The Kier molecular flexibility index (Phi) is 10.4. The van der Waals surface area contributed by atoms with E-state index in [9.17, 15) is 13.2 Å². The molecule has 4 nitrogen and oxygen atoms in total. The molecule has 1 aromatic rings. The lowest BCUT2D eigenvalue weighted by Gasteiger charge is -2.24. The van der Waals surface area contributed by atoms with E-state index < -0.39 is 9.84 Å². The van der Waals surface area contributed by atoms with Crippen LogP contribution < -0.4 is 0 Å². The van der Waals surface area contributed by atoms with Gasteiger partial charge >= 0.3 is 0 Å². The van der Waals surface area contributed by atoms with Crippen LogP contribution in [0.2, 0.25) is 0 Å². The minimum Gasteiger partial charge on any atom is -0.335 e. The Morgan fingerprint density at radius 3 is 2.15 bits per heavy atom. The first-order valence-corrected chi connectivity index (χ1v) is 11.9. The minimum absolute atomic E-state index is 0.0300. The molecular formula is C22H35NO3S. The van der Waals surface area contributed by atoms with Gasteiger partial charge in [-0.25, -0.2) is 8.42 Å². The first kappa shape index (κ1) is 23.4. The van der Waals surface area contributed by atoms with Crippen molar-refractivity contribution in [1.29, 1.82) is 0 Å². The molecule has 0 N–H and O–H groups in total. The molecule has 0 bridgehead atoms. The average molecular weight is 394 g/mol. The fourth-order valence-electron chi connectivity index (χ4n) is 2.93. The van der Waals surface area contributed by atoms with Gasteiger partial charge in [0.15, 0.2) is 9.84 Å². The van der Waals surface area contributed by atoms with Crippen LogP contribution in [0.25, 0.3) is 0 Å². The van der Waals surface area contributed by atoms with Gasteiger partial charge in [-0.3, -0.25) is 4.79 Å². The highest BCUT2D eigenvalue weighted by molar-refractivity contribution is 7.90. The van der Waals surface area contributed by atoms with Gasteiger partial charge in [0, 0.05) is 13.3 Å². The van der Waals surface area contributed by atoms with E-state index in [1.54, 1.807) is 42.3 Å². The predicted octanol–water partition coefficient (Wildman–Crippen LogP) is 5.31. The summed E-state index contributed by atoms with van der Waals surface area (Å²) in [6.07, 6.45) is 14.6. The number of rotatable bonds is 12. The molecule has 0 heterocycles. The van der Waals surface area contributed by atoms with E-state index in [1.807, 2.05) is 13.0 Å². The fourth-order valence-corrected chi connectivity index (χ4v) is 3.56. The van der Waals surface area contributed by atoms with Crippen LogP contribution in [0.3, 0.4) is 0 Å². The first-order valence-electron chi connectivity index (χ1n) is 10.0. The summed E-state index contributed by atoms with van der Waals surface area (Å²) in [5.74, 6) is -0.0300. The zero-order chi connectivity index (χ0) is 20.3. The number of likely N-dealkylation sites (N-methyl/N-ethyl adjacent to an activating group) is 1. The number of carbonyl (C=O) groups excluding carboxylic acids is 1. The zero-order valence-electron chi connectivity index (χ0n) is 17.3. The lowest BCUT2D eigenvalue weighted by Crippen LogP contribution is -2.28. The van der Waals surface area contributed by atoms with Crippen LogP contribution in [-0.2, 0) is 14.6 Å². The first-order chi connectivity index (χ1) is 12.8. The standard InChI is InChI=1S/C22H35NO3S/c1-5-6-7-8-9-10-11-12-13-14-22(24)23(3)19(2)20-15-17-21(18-16-20)27(4,25)26/h13-19H,5-12H2,1-4H3/b14-13-/t19-/m0/s1. The van der Waals surface area contributed by atoms with Crippen LogP contribution in [0.4, 0.5) is 0 Å². The highest BCUT2D eigenvalue weighted by Gasteiger charge is 2.16. The molecule has 0 fully saturated rings. The number of amides is 1. The molecule has 1 aromatic carbocycles. The van der Waals surface area contributed by atoms with E-state index in [0.717, 1.165) is 18.4 Å². The zero-order valence-corrected chi connectivity index (χ0v) is 18.1. The molecule has 27 heavy (non-hydrogen) atoms. The Morgan fingerprint density at radius 1 is 1.04 bits per heavy atom. The summed E-state index contributed by atoms with van der Waals surface area (Å²) in [6.45, 7) is 4.17. The average Bonchev–Trinajstić information content (AvgIpc) is 2.64. The molecule has 152 valence electrons. The topological polar surface area (TPSA) is 54.5 Å². The Bertz CT molecular complexity index is 693. The molecular weight excluding hydrogens is 358 g/mol. The van der Waals surface area contributed by atoms with Gasteiger partial charge in [0.2, 0.25) is 5.91 Å². The Hall–Kier alpha value is -1.62. The van der Waals surface area contributed by atoms with Gasteiger partial charge in [0.1, 0.15) is 0 Å². The summed E-state index contributed by atoms with van der Waals surface area (Å²) in [5, 5.41) is 0. The van der Waals surface area contributed by atoms with E-state index in [2.05, 4.69) is 6.92 Å². The third kappa shape index (κ3) is 8.74. The van der Waals surface area contributed by atoms with Gasteiger partial charge < -0.3 is 4.90 Å². The molecule has 0 aliphatic carbocycles. The molecule has 0 aliphatic rings. The number of unbranched alkanes of at least 4 members (excludes halogenated alkanes) is 7. The lowest BCUT2D eigenvalue weighted by molar-refractivity contribution is -0.126. The number of nitrogens with zero attached hydrogens (tertiary/aromatic N) is 1. The fraction of sp³-hybridized carbons (Fsp3) is 0.591. The molecule has 0 aliphatic heterocycles. The largest absolute Gasteiger partial charge is 0.335 e. The maximum Gasteiger partial charge on any atom is 0.246 e. The maximum atomic E-state index is 12.3. The third-order valence-corrected chi connectivity index (χ3v) is 6.08. The van der Waals surface area contributed by atoms with Crippen molar-refractivity contribution < 1.29 is 13.2 Å². The number of hydrogen-bond donors (Lipinski definition) is 0. The molecule has 0 saturated carbocycles. The summed E-state index contributed by atoms with van der Waals surface area (Å²) in [5.41, 5.74) is 0.915. The second-order valence-electron chi connectivity index (χ2n) is 7.28. The van der Waals surface area contributed by atoms with E-state index in [1.165, 1.54) is 44.8 Å². The van der Waals surface area contributed by atoms with Crippen LogP contribution in [0.1, 0.15) is 76.8 Å². The Morgan fingerprint density at radius 2 is 1.59 bits per heavy atom. The summed E-state index contributed by atoms with van der Waals surface area (Å²) in [6, 6.07) is 6.61. The molecule has 0 saturated heterocycles. The van der Waals surface area contributed by atoms with E-state index in [0.29, 0.717) is 4.90 Å². The van der Waals surface area contributed by atoms with Gasteiger partial charge in [-0.2, -0.15) is 0 Å².